The van der Waals surface area contributed by atoms with Gasteiger partial charge in [0.05, 0.1) is 24.9 Å². The van der Waals surface area contributed by atoms with Gasteiger partial charge in [-0.1, -0.05) is 6.92 Å². The van der Waals surface area contributed by atoms with Crippen LogP contribution in [-0.2, 0) is 17.6 Å². The van der Waals surface area contributed by atoms with Crippen LogP contribution in [0, 0.1) is 6.92 Å². The van der Waals surface area contributed by atoms with Gasteiger partial charge in [-0.2, -0.15) is 0 Å². The molecule has 3 rings (SSSR count). The Morgan fingerprint density at radius 2 is 2.22 bits per heavy atom. The van der Waals surface area contributed by atoms with Crippen molar-refractivity contribution < 1.29 is 14.6 Å². The average molecular weight is 330 g/mol. The highest BCUT2D eigenvalue weighted by molar-refractivity contribution is 7.17. The van der Waals surface area contributed by atoms with Crippen LogP contribution in [0.4, 0.5) is 0 Å². The number of ether oxygens (including phenoxy) is 1. The summed E-state index contributed by atoms with van der Waals surface area (Å²) in [5.74, 6) is -0.0104. The zero-order chi connectivity index (χ0) is 16.6. The van der Waals surface area contributed by atoms with E-state index in [1.807, 2.05) is 29.7 Å². The van der Waals surface area contributed by atoms with E-state index in [0.29, 0.717) is 5.69 Å². The first-order valence-corrected chi connectivity index (χ1v) is 8.21. The molecule has 0 amide bonds. The van der Waals surface area contributed by atoms with Crippen LogP contribution in [0.25, 0.3) is 16.2 Å². The molecule has 6 heteroatoms. The van der Waals surface area contributed by atoms with E-state index in [9.17, 15) is 4.79 Å². The number of hydrogen-bond acceptors (Lipinski definition) is 4. The highest BCUT2D eigenvalue weighted by atomic mass is 32.1. The van der Waals surface area contributed by atoms with Crippen molar-refractivity contribution in [3.05, 3.63) is 40.5 Å². The molecule has 2 heterocycles. The highest BCUT2D eigenvalue weighted by Gasteiger charge is 2.17. The quantitative estimate of drug-likeness (QED) is 0.777. The number of carbonyl (C=O) groups is 1. The number of benzene rings is 1. The summed E-state index contributed by atoms with van der Waals surface area (Å²) in [7, 11) is 1.66. The molecule has 120 valence electrons. The van der Waals surface area contributed by atoms with Gasteiger partial charge < -0.3 is 9.84 Å². The van der Waals surface area contributed by atoms with Gasteiger partial charge in [0.2, 0.25) is 0 Å². The van der Waals surface area contributed by atoms with Gasteiger partial charge in [0.25, 0.3) is 0 Å². The third-order valence-electron chi connectivity index (χ3n) is 3.76. The van der Waals surface area contributed by atoms with Gasteiger partial charge in [-0.15, -0.1) is 11.3 Å². The van der Waals surface area contributed by atoms with Crippen LogP contribution in [0.2, 0.25) is 0 Å². The monoisotopic (exact) mass is 330 g/mol. The van der Waals surface area contributed by atoms with E-state index in [2.05, 4.69) is 18.0 Å². The maximum atomic E-state index is 10.9. The largest absolute Gasteiger partial charge is 0.496 e. The van der Waals surface area contributed by atoms with Crippen molar-refractivity contribution in [3.63, 3.8) is 0 Å². The first-order valence-electron chi connectivity index (χ1n) is 7.40. The second kappa shape index (κ2) is 6.04. The number of carboxylic acid groups (broad SMARTS) is 1. The maximum absolute atomic E-state index is 10.9. The molecule has 5 nitrogen and oxygen atoms in total. The third kappa shape index (κ3) is 2.82. The van der Waals surface area contributed by atoms with E-state index >= 15 is 0 Å². The van der Waals surface area contributed by atoms with Crippen molar-refractivity contribution in [3.8, 4) is 17.0 Å². The lowest BCUT2D eigenvalue weighted by molar-refractivity contribution is -0.136. The summed E-state index contributed by atoms with van der Waals surface area (Å²) < 4.78 is 7.33. The molecule has 0 aliphatic carbocycles. The Morgan fingerprint density at radius 3 is 2.83 bits per heavy atom. The van der Waals surface area contributed by atoms with E-state index < -0.39 is 5.97 Å². The Labute approximate surface area is 138 Å². The van der Waals surface area contributed by atoms with E-state index in [4.69, 9.17) is 9.84 Å². The smallest absolute Gasteiger partial charge is 0.309 e. The van der Waals surface area contributed by atoms with Gasteiger partial charge in [0, 0.05) is 16.6 Å². The van der Waals surface area contributed by atoms with Gasteiger partial charge in [-0.05, 0) is 37.1 Å². The Kier molecular flexibility index (Phi) is 4.09. The van der Waals surface area contributed by atoms with Gasteiger partial charge in [0.15, 0.2) is 4.96 Å². The van der Waals surface area contributed by atoms with Crippen molar-refractivity contribution in [2.45, 2.75) is 26.7 Å². The minimum atomic E-state index is -0.867. The van der Waals surface area contributed by atoms with Gasteiger partial charge in [-0.25, -0.2) is 4.98 Å². The van der Waals surface area contributed by atoms with Crippen LogP contribution < -0.4 is 4.74 Å². The van der Waals surface area contributed by atoms with Gasteiger partial charge in [-0.3, -0.25) is 9.20 Å². The van der Waals surface area contributed by atoms with Crippen LogP contribution in [0.5, 0.6) is 5.75 Å². The predicted molar refractivity (Wildman–Crippen MR) is 90.5 cm³/mol. The number of hydrogen-bond donors (Lipinski definition) is 1. The fourth-order valence-corrected chi connectivity index (χ4v) is 3.82. The lowest BCUT2D eigenvalue weighted by Crippen LogP contribution is -2.00. The molecule has 0 spiro atoms. The Morgan fingerprint density at radius 1 is 1.43 bits per heavy atom. The minimum absolute atomic E-state index is 0.0586. The van der Waals surface area contributed by atoms with Crippen LogP contribution in [0.15, 0.2) is 24.4 Å². The molecule has 0 aliphatic heterocycles. The average Bonchev–Trinajstić information content (AvgIpc) is 3.02. The summed E-state index contributed by atoms with van der Waals surface area (Å²) in [6, 6.07) is 6.09. The predicted octanol–water partition coefficient (Wildman–Crippen LogP) is 3.57. The van der Waals surface area contributed by atoms with E-state index in [1.165, 1.54) is 4.88 Å². The number of carboxylic acids is 1. The third-order valence-corrected chi connectivity index (χ3v) is 4.96. The summed E-state index contributed by atoms with van der Waals surface area (Å²) in [5, 5.41) is 8.95. The number of thiazole rings is 1. The first-order chi connectivity index (χ1) is 11.0. The van der Waals surface area contributed by atoms with Crippen molar-refractivity contribution in [2.24, 2.45) is 0 Å². The molecular weight excluding hydrogens is 312 g/mol. The van der Waals surface area contributed by atoms with Crippen molar-refractivity contribution >= 4 is 22.3 Å². The second-order valence-electron chi connectivity index (χ2n) is 5.37. The fraction of sp³-hybridized carbons (Fsp3) is 0.294. The molecule has 0 fully saturated rings. The van der Waals surface area contributed by atoms with Crippen molar-refractivity contribution in [1.29, 1.82) is 0 Å². The molecule has 1 N–H and O–H groups in total. The molecule has 3 aromatic rings. The summed E-state index contributed by atoms with van der Waals surface area (Å²) in [4.78, 5) is 17.4. The zero-order valence-corrected chi connectivity index (χ0v) is 14.1. The zero-order valence-electron chi connectivity index (χ0n) is 13.3. The molecule has 0 saturated carbocycles. The summed E-state index contributed by atoms with van der Waals surface area (Å²) >= 11 is 1.61. The molecule has 2 aromatic heterocycles. The minimum Gasteiger partial charge on any atom is -0.496 e. The SMILES string of the molecule is CCc1sc2nc(CC(=O)O)cn2c1-c1ccc(OC)c(C)c1. The molecule has 1 aromatic carbocycles. The standard InChI is InChI=1S/C17H18N2O3S/c1-4-14-16(11-5-6-13(22-3)10(2)7-11)19-9-12(8-15(20)21)18-17(19)23-14/h5-7,9H,4,8H2,1-3H3,(H,20,21). The Balaban J connectivity index is 2.15. The molecule has 0 radical (unpaired) electrons. The number of fused-ring (bicyclic) bond motifs is 1. The molecule has 0 atom stereocenters. The molecule has 23 heavy (non-hydrogen) atoms. The highest BCUT2D eigenvalue weighted by Crippen LogP contribution is 2.34. The summed E-state index contributed by atoms with van der Waals surface area (Å²) in [6.07, 6.45) is 2.67. The van der Waals surface area contributed by atoms with Crippen LogP contribution >= 0.6 is 11.3 Å². The van der Waals surface area contributed by atoms with Crippen LogP contribution in [-0.4, -0.2) is 27.6 Å². The fourth-order valence-electron chi connectivity index (χ4n) is 2.74. The van der Waals surface area contributed by atoms with E-state index in [0.717, 1.165) is 34.0 Å². The maximum Gasteiger partial charge on any atom is 0.309 e. The molecule has 0 unspecified atom stereocenters. The van der Waals surface area contributed by atoms with E-state index in [1.54, 1.807) is 18.4 Å². The number of rotatable bonds is 5. The summed E-state index contributed by atoms with van der Waals surface area (Å²) in [5.41, 5.74) is 3.82. The first kappa shape index (κ1) is 15.6. The molecule has 0 saturated heterocycles. The lowest BCUT2D eigenvalue weighted by atomic mass is 10.1. The topological polar surface area (TPSA) is 63.8 Å². The van der Waals surface area contributed by atoms with Crippen LogP contribution in [0.1, 0.15) is 23.1 Å². The van der Waals surface area contributed by atoms with Gasteiger partial charge in [0.1, 0.15) is 5.75 Å². The Bertz CT molecular complexity index is 879. The number of imidazole rings is 1. The lowest BCUT2D eigenvalue weighted by Gasteiger charge is -2.08. The second-order valence-corrected chi connectivity index (χ2v) is 6.43. The summed E-state index contributed by atoms with van der Waals surface area (Å²) in [6.45, 7) is 4.13. The number of aryl methyl sites for hydroxylation is 2. The van der Waals surface area contributed by atoms with E-state index in [-0.39, 0.29) is 6.42 Å². The normalized spacial score (nSPS) is 11.1. The Hall–Kier alpha value is -2.34. The molecule has 0 aliphatic rings. The number of nitrogens with zero attached hydrogens (tertiary/aromatic N) is 2. The van der Waals surface area contributed by atoms with Gasteiger partial charge >= 0.3 is 5.97 Å². The number of aromatic nitrogens is 2. The number of methoxy groups -OCH3 is 1. The number of aliphatic carboxylic acids is 1. The van der Waals surface area contributed by atoms with Crippen LogP contribution in [0.3, 0.4) is 0 Å². The van der Waals surface area contributed by atoms with Crippen molar-refractivity contribution in [1.82, 2.24) is 9.38 Å². The van der Waals surface area contributed by atoms with Crippen molar-refractivity contribution in [2.75, 3.05) is 7.11 Å². The molecule has 0 bridgehead atoms. The molecular formula is C17H18N2O3S.